The topological polar surface area (TPSA) is 46.6 Å². The monoisotopic (exact) mass is 603 g/mol. The van der Waals surface area contributed by atoms with Crippen molar-refractivity contribution in [2.75, 3.05) is 11.4 Å². The second kappa shape index (κ2) is 10.4. The Morgan fingerprint density at radius 3 is 2.08 bits per heavy atom. The van der Waals surface area contributed by atoms with Gasteiger partial charge in [-0.05, 0) is 69.0 Å². The number of esters is 1. The second-order valence-corrected chi connectivity index (χ2v) is 11.0. The SMILES string of the molecule is CC(C)(C)OC(=O)CCc1ccc(N2CCC(c3cc(Cl)c(Cl)c(Cl)c3)(C(F)(F)F)C2=O)cc1C(F)(F)F. The summed E-state index contributed by atoms with van der Waals surface area (Å²) in [6.07, 6.45) is -11.5. The molecule has 1 aliphatic heterocycles. The standard InChI is InChI=1S/C25H22Cl3F6NO3/c1-22(2,3)38-19(36)7-5-13-4-6-15(12-16(13)24(29,30)31)35-9-8-23(21(35)37,25(32,33)34)14-10-17(26)20(28)18(27)11-14/h4,6,10-12H,5,7-9H2,1-3H3. The van der Waals surface area contributed by atoms with Gasteiger partial charge >= 0.3 is 18.3 Å². The van der Waals surface area contributed by atoms with E-state index in [0.29, 0.717) is 11.0 Å². The van der Waals surface area contributed by atoms with Crippen LogP contribution >= 0.6 is 34.8 Å². The van der Waals surface area contributed by atoms with Gasteiger partial charge in [-0.2, -0.15) is 26.3 Å². The van der Waals surface area contributed by atoms with Gasteiger partial charge in [0.1, 0.15) is 5.60 Å². The molecule has 4 nitrogen and oxygen atoms in total. The number of ether oxygens (including phenoxy) is 1. The average molecular weight is 605 g/mol. The van der Waals surface area contributed by atoms with Crippen molar-refractivity contribution in [2.24, 2.45) is 0 Å². The number of anilines is 1. The summed E-state index contributed by atoms with van der Waals surface area (Å²) >= 11 is 17.7. The predicted octanol–water partition coefficient (Wildman–Crippen LogP) is 8.18. The molecule has 2 aromatic carbocycles. The van der Waals surface area contributed by atoms with E-state index in [1.165, 1.54) is 0 Å². The summed E-state index contributed by atoms with van der Waals surface area (Å²) in [7, 11) is 0. The molecule has 0 radical (unpaired) electrons. The Balaban J connectivity index is 2.00. The lowest BCUT2D eigenvalue weighted by Gasteiger charge is -2.31. The molecule has 38 heavy (non-hydrogen) atoms. The first-order valence-corrected chi connectivity index (χ1v) is 12.4. The van der Waals surface area contributed by atoms with Crippen molar-refractivity contribution in [1.82, 2.24) is 0 Å². The quantitative estimate of drug-likeness (QED) is 0.197. The molecule has 208 valence electrons. The molecule has 1 saturated heterocycles. The Morgan fingerprint density at radius 1 is 1.00 bits per heavy atom. The summed E-state index contributed by atoms with van der Waals surface area (Å²) in [5, 5.41) is -0.816. The molecule has 0 aromatic heterocycles. The maximum Gasteiger partial charge on any atom is 0.416 e. The molecule has 3 rings (SSSR count). The fourth-order valence-corrected chi connectivity index (χ4v) is 4.90. The zero-order chi connectivity index (χ0) is 28.8. The summed E-state index contributed by atoms with van der Waals surface area (Å²) in [4.78, 5) is 26.0. The van der Waals surface area contributed by atoms with Crippen molar-refractivity contribution in [3.05, 3.63) is 62.1 Å². The minimum Gasteiger partial charge on any atom is -0.460 e. The van der Waals surface area contributed by atoms with Gasteiger partial charge in [-0.15, -0.1) is 0 Å². The van der Waals surface area contributed by atoms with Crippen LogP contribution in [0.1, 0.15) is 50.3 Å². The smallest absolute Gasteiger partial charge is 0.416 e. The van der Waals surface area contributed by atoms with Crippen LogP contribution in [0.2, 0.25) is 15.1 Å². The van der Waals surface area contributed by atoms with E-state index >= 15 is 0 Å². The molecular weight excluding hydrogens is 583 g/mol. The highest BCUT2D eigenvalue weighted by Gasteiger charge is 2.65. The number of nitrogens with zero attached hydrogens (tertiary/aromatic N) is 1. The van der Waals surface area contributed by atoms with Gasteiger partial charge in [-0.3, -0.25) is 9.59 Å². The van der Waals surface area contributed by atoms with Crippen molar-refractivity contribution in [1.29, 1.82) is 0 Å². The highest BCUT2D eigenvalue weighted by Crippen LogP contribution is 2.51. The Kier molecular flexibility index (Phi) is 8.33. The number of alkyl halides is 6. The lowest BCUT2D eigenvalue weighted by atomic mass is 9.78. The van der Waals surface area contributed by atoms with Gasteiger partial charge in [0, 0.05) is 18.7 Å². The van der Waals surface area contributed by atoms with Gasteiger partial charge in [0.2, 0.25) is 5.91 Å². The van der Waals surface area contributed by atoms with E-state index in [1.54, 1.807) is 20.8 Å². The molecule has 1 atom stereocenters. The third-order valence-corrected chi connectivity index (χ3v) is 7.21. The van der Waals surface area contributed by atoms with E-state index in [4.69, 9.17) is 39.5 Å². The number of rotatable bonds is 5. The van der Waals surface area contributed by atoms with E-state index in [1.807, 2.05) is 0 Å². The van der Waals surface area contributed by atoms with Crippen molar-refractivity contribution in [3.8, 4) is 0 Å². The summed E-state index contributed by atoms with van der Waals surface area (Å²) in [6.45, 7) is 4.31. The average Bonchev–Trinajstić information content (AvgIpc) is 3.12. The van der Waals surface area contributed by atoms with E-state index in [9.17, 15) is 35.9 Å². The molecule has 0 bridgehead atoms. The number of hydrogen-bond acceptors (Lipinski definition) is 3. The van der Waals surface area contributed by atoms with Crippen molar-refractivity contribution < 1.29 is 40.7 Å². The first-order valence-electron chi connectivity index (χ1n) is 11.2. The van der Waals surface area contributed by atoms with Gasteiger partial charge in [0.05, 0.1) is 20.6 Å². The highest BCUT2D eigenvalue weighted by molar-refractivity contribution is 6.48. The summed E-state index contributed by atoms with van der Waals surface area (Å²) in [5.41, 5.74) is -6.31. The first kappa shape index (κ1) is 30.4. The van der Waals surface area contributed by atoms with Crippen LogP contribution in [0.4, 0.5) is 32.0 Å². The van der Waals surface area contributed by atoms with E-state index in [0.717, 1.165) is 24.3 Å². The minimum atomic E-state index is -5.13. The molecule has 1 amide bonds. The van der Waals surface area contributed by atoms with Crippen LogP contribution < -0.4 is 4.90 Å². The van der Waals surface area contributed by atoms with Crippen LogP contribution in [0, 0.1) is 0 Å². The fourth-order valence-electron chi connectivity index (χ4n) is 4.30. The highest BCUT2D eigenvalue weighted by atomic mass is 35.5. The molecule has 0 N–H and O–H groups in total. The molecule has 1 unspecified atom stereocenters. The molecule has 2 aromatic rings. The summed E-state index contributed by atoms with van der Waals surface area (Å²) < 4.78 is 90.1. The molecule has 1 aliphatic rings. The minimum absolute atomic E-state index is 0.200. The number of hydrogen-bond donors (Lipinski definition) is 0. The van der Waals surface area contributed by atoms with Gasteiger partial charge in [0.25, 0.3) is 0 Å². The molecule has 0 saturated carbocycles. The lowest BCUT2D eigenvalue weighted by Crippen LogP contribution is -2.49. The van der Waals surface area contributed by atoms with Crippen LogP contribution in [0.3, 0.4) is 0 Å². The Morgan fingerprint density at radius 2 is 1.58 bits per heavy atom. The number of aryl methyl sites for hydroxylation is 1. The van der Waals surface area contributed by atoms with E-state index in [-0.39, 0.29) is 39.2 Å². The summed E-state index contributed by atoms with van der Waals surface area (Å²) in [5.74, 6) is -2.19. The third-order valence-electron chi connectivity index (χ3n) is 6.01. The first-order chi connectivity index (χ1) is 17.3. The molecule has 0 aliphatic carbocycles. The lowest BCUT2D eigenvalue weighted by molar-refractivity contribution is -0.190. The zero-order valence-electron chi connectivity index (χ0n) is 20.3. The van der Waals surface area contributed by atoms with Gasteiger partial charge in [0.15, 0.2) is 5.41 Å². The predicted molar refractivity (Wildman–Crippen MR) is 132 cm³/mol. The van der Waals surface area contributed by atoms with E-state index in [2.05, 4.69) is 0 Å². The van der Waals surface area contributed by atoms with Crippen LogP contribution in [-0.4, -0.2) is 30.2 Å². The Hall–Kier alpha value is -2.17. The number of amides is 1. The van der Waals surface area contributed by atoms with Crippen molar-refractivity contribution in [3.63, 3.8) is 0 Å². The number of benzene rings is 2. The Labute approximate surface area is 229 Å². The van der Waals surface area contributed by atoms with Crippen LogP contribution in [0.25, 0.3) is 0 Å². The largest absolute Gasteiger partial charge is 0.460 e. The van der Waals surface area contributed by atoms with Crippen LogP contribution in [0.5, 0.6) is 0 Å². The van der Waals surface area contributed by atoms with Gasteiger partial charge in [-0.1, -0.05) is 40.9 Å². The van der Waals surface area contributed by atoms with Crippen LogP contribution in [-0.2, 0) is 32.3 Å². The number of carbonyl (C=O) groups excluding carboxylic acids is 2. The molecule has 13 heteroatoms. The normalized spacial score (nSPS) is 18.7. The van der Waals surface area contributed by atoms with Crippen LogP contribution in [0.15, 0.2) is 30.3 Å². The zero-order valence-corrected chi connectivity index (χ0v) is 22.6. The van der Waals surface area contributed by atoms with Gasteiger partial charge in [-0.25, -0.2) is 0 Å². The molecule has 0 spiro atoms. The Bertz CT molecular complexity index is 1230. The van der Waals surface area contributed by atoms with Gasteiger partial charge < -0.3 is 9.64 Å². The number of halogens is 9. The summed E-state index contributed by atoms with van der Waals surface area (Å²) in [6, 6.07) is 4.53. The second-order valence-electron chi connectivity index (χ2n) is 9.79. The van der Waals surface area contributed by atoms with E-state index < -0.39 is 59.3 Å². The third kappa shape index (κ3) is 6.02. The maximum atomic E-state index is 14.4. The number of carbonyl (C=O) groups is 2. The van der Waals surface area contributed by atoms with Crippen molar-refractivity contribution in [2.45, 2.75) is 63.4 Å². The fraction of sp³-hybridized carbons (Fsp3) is 0.440. The molecule has 1 heterocycles. The molecular formula is C25H22Cl3F6NO3. The molecule has 1 fully saturated rings. The van der Waals surface area contributed by atoms with Crippen molar-refractivity contribution >= 4 is 52.4 Å². The maximum absolute atomic E-state index is 14.4.